The highest BCUT2D eigenvalue weighted by atomic mass is 19.4. The van der Waals surface area contributed by atoms with Crippen molar-refractivity contribution in [1.82, 2.24) is 14.6 Å². The summed E-state index contributed by atoms with van der Waals surface area (Å²) in [4.78, 5) is 0. The van der Waals surface area contributed by atoms with E-state index < -0.39 is 6.36 Å². The molecule has 0 atom stereocenters. The van der Waals surface area contributed by atoms with Gasteiger partial charge in [-0.3, -0.25) is 4.40 Å². The lowest BCUT2D eigenvalue weighted by Crippen LogP contribution is -2.18. The Morgan fingerprint density at radius 3 is 2.70 bits per heavy atom. The van der Waals surface area contributed by atoms with Gasteiger partial charge in [-0.1, -0.05) is 13.0 Å². The summed E-state index contributed by atoms with van der Waals surface area (Å²) in [6.07, 6.45) is -2.55. The fraction of sp³-hybridized carbons (Fsp3) is 0.200. The highest BCUT2D eigenvalue weighted by Gasteiger charge is 2.32. The number of benzene rings is 1. The molecule has 0 aliphatic heterocycles. The maximum absolute atomic E-state index is 12.7. The van der Waals surface area contributed by atoms with E-state index in [9.17, 15) is 13.2 Å². The van der Waals surface area contributed by atoms with Crippen molar-refractivity contribution >= 4 is 11.5 Å². The summed E-state index contributed by atoms with van der Waals surface area (Å²) in [7, 11) is 0. The van der Waals surface area contributed by atoms with Crippen LogP contribution in [0.15, 0.2) is 36.5 Å². The largest absolute Gasteiger partial charge is 0.573 e. The lowest BCUT2D eigenvalue weighted by Gasteiger charge is -2.15. The van der Waals surface area contributed by atoms with E-state index in [1.54, 1.807) is 34.9 Å². The molecule has 120 valence electrons. The molecule has 0 aliphatic carbocycles. The van der Waals surface area contributed by atoms with Gasteiger partial charge in [0.2, 0.25) is 5.95 Å². The number of hydrogen-bond donors (Lipinski definition) is 1. The summed E-state index contributed by atoms with van der Waals surface area (Å²) >= 11 is 0. The van der Waals surface area contributed by atoms with Gasteiger partial charge in [-0.15, -0.1) is 23.4 Å². The summed E-state index contributed by atoms with van der Waals surface area (Å²) in [6, 6.07) is 8.05. The first-order valence-corrected chi connectivity index (χ1v) is 6.87. The van der Waals surface area contributed by atoms with Crippen molar-refractivity contribution < 1.29 is 17.9 Å². The zero-order valence-corrected chi connectivity index (χ0v) is 12.1. The van der Waals surface area contributed by atoms with E-state index >= 15 is 0 Å². The molecule has 8 heteroatoms. The quantitative estimate of drug-likeness (QED) is 0.802. The van der Waals surface area contributed by atoms with Gasteiger partial charge in [0.15, 0.2) is 0 Å². The molecule has 2 heterocycles. The van der Waals surface area contributed by atoms with Crippen LogP contribution in [0.5, 0.6) is 5.75 Å². The molecule has 0 radical (unpaired) electrons. The number of hydrogen-bond acceptors (Lipinski definition) is 4. The highest BCUT2D eigenvalue weighted by Crippen LogP contribution is 2.36. The summed E-state index contributed by atoms with van der Waals surface area (Å²) in [6.45, 7) is 1.85. The summed E-state index contributed by atoms with van der Waals surface area (Å²) in [5.41, 5.74) is 7.46. The van der Waals surface area contributed by atoms with Crippen LogP contribution in [0, 0.1) is 0 Å². The topological polar surface area (TPSA) is 65.4 Å². The molecule has 0 spiro atoms. The molecule has 0 saturated heterocycles. The van der Waals surface area contributed by atoms with Crippen LogP contribution >= 0.6 is 0 Å². The summed E-state index contributed by atoms with van der Waals surface area (Å²) < 4.78 is 43.8. The maximum atomic E-state index is 12.7. The van der Waals surface area contributed by atoms with Gasteiger partial charge in [0.25, 0.3) is 0 Å². The Labute approximate surface area is 129 Å². The van der Waals surface area contributed by atoms with E-state index in [1.165, 1.54) is 6.07 Å². The van der Waals surface area contributed by atoms with Crippen LogP contribution in [-0.4, -0.2) is 21.0 Å². The number of ether oxygens (including phenoxy) is 1. The van der Waals surface area contributed by atoms with Gasteiger partial charge in [-0.05, 0) is 36.2 Å². The molecule has 5 nitrogen and oxygen atoms in total. The molecule has 0 fully saturated rings. The number of rotatable bonds is 3. The number of aryl methyl sites for hydroxylation is 1. The zero-order valence-electron chi connectivity index (χ0n) is 12.1. The molecule has 1 aromatic carbocycles. The minimum Gasteiger partial charge on any atom is -0.405 e. The first kappa shape index (κ1) is 15.1. The van der Waals surface area contributed by atoms with Crippen molar-refractivity contribution in [2.24, 2.45) is 0 Å². The normalized spacial score (nSPS) is 11.8. The average Bonchev–Trinajstić information content (AvgIpc) is 2.97. The van der Waals surface area contributed by atoms with Crippen LogP contribution in [0.4, 0.5) is 19.1 Å². The first-order valence-electron chi connectivity index (χ1n) is 6.87. The molecule has 2 aromatic heterocycles. The number of aromatic nitrogens is 3. The summed E-state index contributed by atoms with van der Waals surface area (Å²) in [5.74, 6) is -0.156. The van der Waals surface area contributed by atoms with Crippen LogP contribution in [0.2, 0.25) is 0 Å². The van der Waals surface area contributed by atoms with Gasteiger partial charge in [-0.2, -0.15) is 0 Å². The first-order chi connectivity index (χ1) is 10.9. The Bertz CT molecular complexity index is 858. The number of nitrogen functional groups attached to an aromatic ring is 1. The van der Waals surface area contributed by atoms with E-state index in [1.807, 2.05) is 6.92 Å². The van der Waals surface area contributed by atoms with Crippen molar-refractivity contribution in [3.8, 4) is 17.0 Å². The fourth-order valence-electron chi connectivity index (χ4n) is 2.36. The Morgan fingerprint density at radius 2 is 2.00 bits per heavy atom. The molecule has 0 aliphatic rings. The second-order valence-electron chi connectivity index (χ2n) is 4.90. The lowest BCUT2D eigenvalue weighted by atomic mass is 10.1. The third-order valence-electron chi connectivity index (χ3n) is 3.43. The minimum absolute atomic E-state index is 0.150. The molecule has 0 bridgehead atoms. The van der Waals surface area contributed by atoms with Gasteiger partial charge in [0.1, 0.15) is 11.4 Å². The molecule has 2 N–H and O–H groups in total. The number of nitrogens with zero attached hydrogens (tertiary/aromatic N) is 3. The van der Waals surface area contributed by atoms with Crippen molar-refractivity contribution in [3.05, 3.63) is 42.1 Å². The number of alkyl halides is 3. The van der Waals surface area contributed by atoms with Crippen LogP contribution in [0.1, 0.15) is 12.5 Å². The van der Waals surface area contributed by atoms with Gasteiger partial charge in [0.05, 0.1) is 5.52 Å². The predicted octanol–water partition coefficient (Wildman–Crippen LogP) is 3.44. The highest BCUT2D eigenvalue weighted by molar-refractivity contribution is 5.81. The van der Waals surface area contributed by atoms with E-state index in [0.717, 1.165) is 5.56 Å². The van der Waals surface area contributed by atoms with E-state index in [-0.39, 0.29) is 23.0 Å². The molecule has 0 unspecified atom stereocenters. The Balaban J connectivity index is 2.21. The molecule has 0 saturated carbocycles. The van der Waals surface area contributed by atoms with E-state index in [4.69, 9.17) is 5.73 Å². The van der Waals surface area contributed by atoms with E-state index in [0.29, 0.717) is 11.9 Å². The predicted molar refractivity (Wildman–Crippen MR) is 78.9 cm³/mol. The van der Waals surface area contributed by atoms with Crippen LogP contribution in [0.3, 0.4) is 0 Å². The van der Waals surface area contributed by atoms with E-state index in [2.05, 4.69) is 14.9 Å². The van der Waals surface area contributed by atoms with Gasteiger partial charge in [0, 0.05) is 11.8 Å². The third kappa shape index (κ3) is 2.92. The van der Waals surface area contributed by atoms with Crippen LogP contribution < -0.4 is 10.5 Å². The molecule has 3 rings (SSSR count). The molecule has 3 aromatic rings. The summed E-state index contributed by atoms with van der Waals surface area (Å²) in [5, 5.41) is 7.74. The smallest absolute Gasteiger partial charge is 0.405 e. The van der Waals surface area contributed by atoms with Gasteiger partial charge < -0.3 is 10.5 Å². The molecular formula is C15H13F3N4O. The van der Waals surface area contributed by atoms with Gasteiger partial charge >= 0.3 is 6.36 Å². The number of halogens is 3. The third-order valence-corrected chi connectivity index (χ3v) is 3.43. The molecular weight excluding hydrogens is 309 g/mol. The van der Waals surface area contributed by atoms with Crippen molar-refractivity contribution in [2.75, 3.05) is 5.73 Å². The fourth-order valence-corrected chi connectivity index (χ4v) is 2.36. The van der Waals surface area contributed by atoms with Crippen molar-refractivity contribution in [2.45, 2.75) is 19.7 Å². The van der Waals surface area contributed by atoms with Crippen LogP contribution in [0.25, 0.3) is 16.8 Å². The SMILES string of the molecule is CCc1ccc(-c2nnc(N)n3cccc23)c(OC(F)(F)F)c1. The Kier molecular flexibility index (Phi) is 3.59. The standard InChI is InChI=1S/C15H13F3N4O/c1-2-9-5-6-10(12(8-9)23-15(16,17)18)13-11-4-3-7-22(11)14(19)21-20-13/h3-8H,2H2,1H3,(H2,19,21). The number of fused-ring (bicyclic) bond motifs is 1. The van der Waals surface area contributed by atoms with Crippen LogP contribution in [-0.2, 0) is 6.42 Å². The van der Waals surface area contributed by atoms with Crippen molar-refractivity contribution in [3.63, 3.8) is 0 Å². The Morgan fingerprint density at radius 1 is 1.22 bits per heavy atom. The second kappa shape index (κ2) is 5.45. The molecule has 0 amide bonds. The Hall–Kier alpha value is -2.77. The number of nitrogens with two attached hydrogens (primary N) is 1. The monoisotopic (exact) mass is 322 g/mol. The lowest BCUT2D eigenvalue weighted by molar-refractivity contribution is -0.274. The average molecular weight is 322 g/mol. The number of anilines is 1. The minimum atomic E-state index is -4.79. The van der Waals surface area contributed by atoms with Gasteiger partial charge in [-0.25, -0.2) is 0 Å². The second-order valence-corrected chi connectivity index (χ2v) is 4.90. The van der Waals surface area contributed by atoms with Crippen molar-refractivity contribution in [1.29, 1.82) is 0 Å². The molecule has 23 heavy (non-hydrogen) atoms. The maximum Gasteiger partial charge on any atom is 0.573 e. The zero-order chi connectivity index (χ0) is 16.6.